The van der Waals surface area contributed by atoms with Crippen molar-refractivity contribution in [1.29, 1.82) is 0 Å². The predicted molar refractivity (Wildman–Crippen MR) is 194 cm³/mol. The number of rotatable bonds is 12. The molecule has 3 heterocycles. The number of ether oxygens (including phenoxy) is 1. The number of aliphatic hydroxyl groups is 1. The maximum atomic E-state index is 11.2. The fraction of sp³-hybridized carbons (Fsp3) is 1.00. The van der Waals surface area contributed by atoms with Crippen molar-refractivity contribution < 1.29 is 19.5 Å². The Morgan fingerprint density at radius 1 is 0.696 bits per heavy atom. The van der Waals surface area contributed by atoms with E-state index in [0.717, 1.165) is 42.2 Å². The predicted octanol–water partition coefficient (Wildman–Crippen LogP) is 8.35. The first-order chi connectivity index (χ1) is 20.5. The molecule has 0 aromatic rings. The molecule has 0 saturated carbocycles. The molecular weight excluding hydrogens is 570 g/mol. The Balaban J connectivity index is 1.65. The van der Waals surface area contributed by atoms with Crippen molar-refractivity contribution in [1.82, 2.24) is 9.96 Å². The highest BCUT2D eigenvalue weighted by molar-refractivity contribution is 4.98. The zero-order chi connectivity index (χ0) is 35.3. The number of piperidine rings is 1. The van der Waals surface area contributed by atoms with Crippen LogP contribution in [0.3, 0.4) is 0 Å². The van der Waals surface area contributed by atoms with E-state index < -0.39 is 6.10 Å². The number of aliphatic hydroxyl groups excluding tert-OH is 1. The highest BCUT2D eigenvalue weighted by Crippen LogP contribution is 2.52. The monoisotopic (exact) mass is 651 g/mol. The average molecular weight is 651 g/mol. The maximum Gasteiger partial charge on any atom is 0.0900 e. The van der Waals surface area contributed by atoms with Gasteiger partial charge in [-0.2, -0.15) is 5.06 Å². The van der Waals surface area contributed by atoms with Crippen molar-refractivity contribution in [3.8, 4) is 0 Å². The van der Waals surface area contributed by atoms with Gasteiger partial charge in [-0.15, -0.1) is 0 Å². The molecule has 3 aliphatic heterocycles. The van der Waals surface area contributed by atoms with E-state index >= 15 is 0 Å². The van der Waals surface area contributed by atoms with Gasteiger partial charge in [0.1, 0.15) is 0 Å². The summed E-state index contributed by atoms with van der Waals surface area (Å²) >= 11 is 0. The van der Waals surface area contributed by atoms with Crippen molar-refractivity contribution in [3.63, 3.8) is 0 Å². The number of likely N-dealkylation sites (tertiary alicyclic amines) is 2. The largest absolute Gasteiger partial charge is 0.389 e. The molecule has 3 aliphatic rings. The van der Waals surface area contributed by atoms with Crippen molar-refractivity contribution in [2.45, 2.75) is 159 Å². The van der Waals surface area contributed by atoms with Crippen molar-refractivity contribution in [2.75, 3.05) is 53.4 Å². The first-order valence-electron chi connectivity index (χ1n) is 18.8. The summed E-state index contributed by atoms with van der Waals surface area (Å²) in [6, 6.07) is 0. The molecule has 6 heteroatoms. The van der Waals surface area contributed by atoms with Crippen LogP contribution < -0.4 is 0 Å². The summed E-state index contributed by atoms with van der Waals surface area (Å²) in [5.41, 5.74) is 0.437. The van der Waals surface area contributed by atoms with Crippen LogP contribution in [0.25, 0.3) is 0 Å². The molecule has 5 atom stereocenters. The summed E-state index contributed by atoms with van der Waals surface area (Å²) in [7, 11) is 4.88. The summed E-state index contributed by atoms with van der Waals surface area (Å²) in [5, 5.41) is 23.4. The van der Waals surface area contributed by atoms with Crippen LogP contribution in [0.4, 0.5) is 0 Å². The Kier molecular flexibility index (Phi) is 12.1. The number of β-amino-alcohol motifs (C(OH)–C–C–N with tert-alkyl or cyclic N) is 1. The molecule has 0 bridgehead atoms. The molecule has 2 N–H and O–H groups in total. The van der Waals surface area contributed by atoms with Gasteiger partial charge in [0, 0.05) is 42.5 Å². The summed E-state index contributed by atoms with van der Waals surface area (Å²) in [6.07, 6.45) is 6.16. The van der Waals surface area contributed by atoms with Gasteiger partial charge in [0.25, 0.3) is 0 Å². The lowest BCUT2D eigenvalue weighted by Gasteiger charge is -2.51. The van der Waals surface area contributed by atoms with E-state index in [1.54, 1.807) is 0 Å². The van der Waals surface area contributed by atoms with Crippen LogP contribution in [-0.4, -0.2) is 101 Å². The zero-order valence-electron chi connectivity index (χ0n) is 33.6. The quantitative estimate of drug-likeness (QED) is 0.208. The van der Waals surface area contributed by atoms with Gasteiger partial charge in [-0.25, -0.2) is 0 Å². The van der Waals surface area contributed by atoms with E-state index in [-0.39, 0.29) is 33.4 Å². The first kappa shape index (κ1) is 40.2. The highest BCUT2D eigenvalue weighted by atomic mass is 16.5. The summed E-state index contributed by atoms with van der Waals surface area (Å²) in [4.78, 5) is 2.54. The second-order valence-corrected chi connectivity index (χ2v) is 22.2. The minimum absolute atomic E-state index is 0.0401. The highest BCUT2D eigenvalue weighted by Gasteiger charge is 2.49. The van der Waals surface area contributed by atoms with Gasteiger partial charge in [-0.3, -0.25) is 0 Å². The van der Waals surface area contributed by atoms with Crippen LogP contribution >= 0.6 is 0 Å². The Labute approximate surface area is 286 Å². The first-order valence-corrected chi connectivity index (χ1v) is 18.8. The molecule has 0 radical (unpaired) electrons. The van der Waals surface area contributed by atoms with E-state index in [2.05, 4.69) is 116 Å². The number of nitrogens with zero attached hydrogens (tertiary/aromatic N) is 3. The standard InChI is InChI=1S/C40H80N3O3/c1-35(2,3)17-29-23-41(25-33(44)28-46-34-21-39(11,12)42(45)40(13,14)22-34)24-30(29)19-37(7,8)38(9,10)20-32-27-43(15,16)26-31(32)18-36(4,5)6/h29-34,44-45H,17-28H2,1-16H3/q+1. The topological polar surface area (TPSA) is 56.2 Å². The summed E-state index contributed by atoms with van der Waals surface area (Å²) in [6.45, 7) is 38.7. The van der Waals surface area contributed by atoms with Gasteiger partial charge < -0.3 is 24.4 Å². The second kappa shape index (κ2) is 13.8. The van der Waals surface area contributed by atoms with Crippen LogP contribution in [0.1, 0.15) is 135 Å². The molecule has 3 fully saturated rings. The molecule has 46 heavy (non-hydrogen) atoms. The third kappa shape index (κ3) is 10.9. The van der Waals surface area contributed by atoms with Crippen LogP contribution in [0, 0.1) is 45.3 Å². The van der Waals surface area contributed by atoms with E-state index in [0.29, 0.717) is 30.4 Å². The van der Waals surface area contributed by atoms with E-state index in [9.17, 15) is 10.3 Å². The Morgan fingerprint density at radius 2 is 1.09 bits per heavy atom. The minimum Gasteiger partial charge on any atom is -0.389 e. The van der Waals surface area contributed by atoms with Crippen LogP contribution in [-0.2, 0) is 4.74 Å². The lowest BCUT2D eigenvalue weighted by Crippen LogP contribution is -2.60. The number of quaternary nitrogens is 1. The molecule has 272 valence electrons. The van der Waals surface area contributed by atoms with Crippen molar-refractivity contribution in [3.05, 3.63) is 0 Å². The third-order valence-electron chi connectivity index (χ3n) is 12.5. The molecule has 0 aromatic carbocycles. The molecule has 3 rings (SSSR count). The van der Waals surface area contributed by atoms with Gasteiger partial charge in [0.2, 0.25) is 0 Å². The van der Waals surface area contributed by atoms with Gasteiger partial charge in [0.05, 0.1) is 46.0 Å². The van der Waals surface area contributed by atoms with E-state index in [1.807, 2.05) is 0 Å². The zero-order valence-corrected chi connectivity index (χ0v) is 33.6. The van der Waals surface area contributed by atoms with Crippen molar-refractivity contribution in [2.24, 2.45) is 45.3 Å². The number of hydrogen-bond acceptors (Lipinski definition) is 5. The molecule has 5 unspecified atom stereocenters. The van der Waals surface area contributed by atoms with Crippen LogP contribution in [0.15, 0.2) is 0 Å². The third-order valence-corrected chi connectivity index (χ3v) is 12.5. The van der Waals surface area contributed by atoms with Crippen LogP contribution in [0.5, 0.6) is 0 Å². The molecule has 0 aromatic heterocycles. The van der Waals surface area contributed by atoms with E-state index in [4.69, 9.17) is 4.74 Å². The second-order valence-electron chi connectivity index (χ2n) is 22.2. The molecule has 0 spiro atoms. The normalized spacial score (nSPS) is 30.7. The van der Waals surface area contributed by atoms with Gasteiger partial charge >= 0.3 is 0 Å². The summed E-state index contributed by atoms with van der Waals surface area (Å²) in [5.74, 6) is 2.87. The van der Waals surface area contributed by atoms with Gasteiger partial charge in [0.15, 0.2) is 0 Å². The van der Waals surface area contributed by atoms with Crippen molar-refractivity contribution >= 4 is 0 Å². The van der Waals surface area contributed by atoms with Gasteiger partial charge in [-0.05, 0) is 99.7 Å². The molecular formula is C40H80N3O3+. The smallest absolute Gasteiger partial charge is 0.0900 e. The SMILES string of the molecule is CC(C)(C)CC1CN(CC(O)COC2CC(C)(C)N(O)C(C)(C)C2)CC1CC(C)(C)C(C)(C)CC1C[N+](C)(C)CC1CC(C)(C)C. The molecule has 3 saturated heterocycles. The number of hydrogen-bond donors (Lipinski definition) is 2. The lowest BCUT2D eigenvalue weighted by molar-refractivity contribution is -0.880. The average Bonchev–Trinajstić information content (AvgIpc) is 3.29. The lowest BCUT2D eigenvalue weighted by atomic mass is 9.58. The Hall–Kier alpha value is -0.240. The van der Waals surface area contributed by atoms with Gasteiger partial charge in [-0.1, -0.05) is 69.2 Å². The molecule has 0 amide bonds. The molecule has 6 nitrogen and oxygen atoms in total. The maximum absolute atomic E-state index is 11.2. The Morgan fingerprint density at radius 3 is 1.54 bits per heavy atom. The minimum atomic E-state index is -0.500. The van der Waals surface area contributed by atoms with E-state index in [1.165, 1.54) is 43.8 Å². The number of hydroxylamine groups is 2. The fourth-order valence-corrected chi connectivity index (χ4v) is 10.1. The Bertz CT molecular complexity index is 971. The summed E-state index contributed by atoms with van der Waals surface area (Å²) < 4.78 is 7.50. The fourth-order valence-electron chi connectivity index (χ4n) is 10.1. The van der Waals surface area contributed by atoms with Crippen LogP contribution in [0.2, 0.25) is 0 Å². The molecule has 0 aliphatic carbocycles.